The first-order valence-electron chi connectivity index (χ1n) is 14.4. The number of nitrogens with one attached hydrogen (secondary N) is 1. The predicted octanol–water partition coefficient (Wildman–Crippen LogP) is 5.32. The highest BCUT2D eigenvalue weighted by Crippen LogP contribution is 2.51. The van der Waals surface area contributed by atoms with Gasteiger partial charge in [0.1, 0.15) is 5.52 Å². The molecular weight excluding hydrogens is 496 g/mol. The number of carbonyl (C=O) groups excluding carboxylic acids is 1. The number of carbonyl (C=O) groups is 1. The second-order valence-corrected chi connectivity index (χ2v) is 12.4. The Labute approximate surface area is 229 Å². The number of piperidine rings is 2. The maximum absolute atomic E-state index is 14.2. The molecule has 3 fully saturated rings. The van der Waals surface area contributed by atoms with Crippen LogP contribution in [-0.4, -0.2) is 63.6 Å². The van der Waals surface area contributed by atoms with Gasteiger partial charge in [0.05, 0.1) is 23.0 Å². The van der Waals surface area contributed by atoms with Crippen LogP contribution in [0.15, 0.2) is 30.6 Å². The fourth-order valence-electron chi connectivity index (χ4n) is 7.35. The van der Waals surface area contributed by atoms with Gasteiger partial charge < -0.3 is 19.7 Å². The molecule has 3 aromatic rings. The molecule has 1 saturated carbocycles. The number of likely N-dealkylation sites (tertiary alicyclic amines) is 1. The highest BCUT2D eigenvalue weighted by Gasteiger charge is 2.54. The third-order valence-electron chi connectivity index (χ3n) is 9.58. The Bertz CT molecular complexity index is 1380. The summed E-state index contributed by atoms with van der Waals surface area (Å²) in [5.41, 5.74) is 5.39. The summed E-state index contributed by atoms with van der Waals surface area (Å²) in [7, 11) is 0. The predicted molar refractivity (Wildman–Crippen MR) is 152 cm³/mol. The normalized spacial score (nSPS) is 25.4. The second-order valence-electron chi connectivity index (χ2n) is 12.0. The van der Waals surface area contributed by atoms with Gasteiger partial charge in [-0.1, -0.05) is 30.2 Å². The Kier molecular flexibility index (Phi) is 6.02. The van der Waals surface area contributed by atoms with Gasteiger partial charge in [-0.15, -0.1) is 0 Å². The second kappa shape index (κ2) is 9.32. The molecule has 0 unspecified atom stereocenters. The Balaban J connectivity index is 1.26. The van der Waals surface area contributed by atoms with E-state index in [1.165, 1.54) is 37.9 Å². The molecule has 1 spiro atoms. The van der Waals surface area contributed by atoms with Crippen molar-refractivity contribution in [2.24, 2.45) is 0 Å². The molecule has 1 amide bonds. The molecule has 0 radical (unpaired) electrons. The van der Waals surface area contributed by atoms with E-state index in [9.17, 15) is 4.79 Å². The number of hydrogen-bond acceptors (Lipinski definition) is 5. The van der Waals surface area contributed by atoms with Crippen molar-refractivity contribution in [3.8, 4) is 11.3 Å². The Morgan fingerprint density at radius 2 is 1.82 bits per heavy atom. The number of pyridine rings is 1. The molecule has 38 heavy (non-hydrogen) atoms. The van der Waals surface area contributed by atoms with Crippen molar-refractivity contribution in [1.29, 1.82) is 0 Å². The van der Waals surface area contributed by atoms with Crippen LogP contribution < -0.4 is 10.2 Å². The number of imidazole rings is 1. The summed E-state index contributed by atoms with van der Waals surface area (Å²) < 4.78 is 2.06. The van der Waals surface area contributed by atoms with Crippen LogP contribution in [0.2, 0.25) is 5.15 Å². The summed E-state index contributed by atoms with van der Waals surface area (Å²) >= 11 is 6.71. The number of fused-ring (bicyclic) bond motifs is 3. The summed E-state index contributed by atoms with van der Waals surface area (Å²) in [6, 6.07) is 9.69. The highest BCUT2D eigenvalue weighted by atomic mass is 35.5. The van der Waals surface area contributed by atoms with E-state index >= 15 is 0 Å². The lowest BCUT2D eigenvalue weighted by atomic mass is 9.74. The van der Waals surface area contributed by atoms with Gasteiger partial charge in [-0.2, -0.15) is 0 Å². The summed E-state index contributed by atoms with van der Waals surface area (Å²) in [6.07, 6.45) is 9.68. The molecule has 200 valence electrons. The molecule has 5 heterocycles. The SMILES string of the molecule is CC(C)n1cnc2cc(-c3ccc4c(c3)N(C3CC(N5CCCCC5)C3)C(=O)C43CCNCC3)nc(Cl)c21. The van der Waals surface area contributed by atoms with Crippen molar-refractivity contribution in [3.63, 3.8) is 0 Å². The lowest BCUT2D eigenvalue weighted by molar-refractivity contribution is -0.125. The van der Waals surface area contributed by atoms with Crippen LogP contribution >= 0.6 is 11.6 Å². The maximum Gasteiger partial charge on any atom is 0.238 e. The molecule has 0 bridgehead atoms. The number of aromatic nitrogens is 3. The topological polar surface area (TPSA) is 66.3 Å². The summed E-state index contributed by atoms with van der Waals surface area (Å²) in [6.45, 7) is 8.42. The molecule has 0 atom stereocenters. The zero-order valence-corrected chi connectivity index (χ0v) is 23.2. The van der Waals surface area contributed by atoms with Crippen LogP contribution in [0.25, 0.3) is 22.3 Å². The monoisotopic (exact) mass is 532 g/mol. The van der Waals surface area contributed by atoms with Gasteiger partial charge in [0.25, 0.3) is 0 Å². The first-order chi connectivity index (χ1) is 18.5. The molecule has 7 nitrogen and oxygen atoms in total. The fourth-order valence-corrected chi connectivity index (χ4v) is 7.64. The van der Waals surface area contributed by atoms with E-state index in [0.29, 0.717) is 17.1 Å². The van der Waals surface area contributed by atoms with Crippen molar-refractivity contribution in [3.05, 3.63) is 41.3 Å². The van der Waals surface area contributed by atoms with Crippen LogP contribution in [0.4, 0.5) is 5.69 Å². The quantitative estimate of drug-likeness (QED) is 0.461. The van der Waals surface area contributed by atoms with Crippen molar-refractivity contribution >= 4 is 34.2 Å². The van der Waals surface area contributed by atoms with Gasteiger partial charge in [-0.3, -0.25) is 4.79 Å². The summed E-state index contributed by atoms with van der Waals surface area (Å²) in [5, 5.41) is 3.94. The van der Waals surface area contributed by atoms with E-state index in [0.717, 1.165) is 66.8 Å². The molecule has 1 aromatic carbocycles. The third-order valence-corrected chi connectivity index (χ3v) is 9.84. The first kappa shape index (κ1) is 24.6. The van der Waals surface area contributed by atoms with Crippen molar-refractivity contribution < 1.29 is 4.79 Å². The van der Waals surface area contributed by atoms with Crippen LogP contribution in [0, 0.1) is 0 Å². The minimum absolute atomic E-state index is 0.252. The van der Waals surface area contributed by atoms with Gasteiger partial charge in [0.2, 0.25) is 5.91 Å². The van der Waals surface area contributed by atoms with E-state index < -0.39 is 5.41 Å². The Morgan fingerprint density at radius 3 is 2.55 bits per heavy atom. The first-order valence-corrected chi connectivity index (χ1v) is 14.8. The van der Waals surface area contributed by atoms with Crippen LogP contribution in [-0.2, 0) is 10.2 Å². The standard InChI is InChI=1S/C30H37ClN6O/c1-19(2)36-18-33-25-17-24(34-28(31)27(25)36)20-6-7-23-26(14-20)37(29(38)30(23)8-10-32-11-9-30)22-15-21(16-22)35-12-4-3-5-13-35/h6-7,14,17-19,21-22,32H,3-5,8-13,15-16H2,1-2H3. The number of rotatable bonds is 4. The van der Waals surface area contributed by atoms with E-state index in [2.05, 4.69) is 56.7 Å². The lowest BCUT2D eigenvalue weighted by Crippen LogP contribution is -2.58. The minimum Gasteiger partial charge on any atom is -0.326 e. The van der Waals surface area contributed by atoms with E-state index in [4.69, 9.17) is 16.6 Å². The van der Waals surface area contributed by atoms with Gasteiger partial charge in [0, 0.05) is 29.4 Å². The van der Waals surface area contributed by atoms with Crippen LogP contribution in [0.5, 0.6) is 0 Å². The fraction of sp³-hybridized carbons (Fsp3) is 0.567. The van der Waals surface area contributed by atoms with Gasteiger partial charge in [-0.05, 0) is 96.2 Å². The van der Waals surface area contributed by atoms with E-state index in [1.54, 1.807) is 0 Å². The average Bonchev–Trinajstić information content (AvgIpc) is 3.44. The molecular formula is C30H37ClN6O. The maximum atomic E-state index is 14.2. The summed E-state index contributed by atoms with van der Waals surface area (Å²) in [5.74, 6) is 0.311. The summed E-state index contributed by atoms with van der Waals surface area (Å²) in [4.78, 5) is 28.5. The van der Waals surface area contributed by atoms with Crippen molar-refractivity contribution in [1.82, 2.24) is 24.8 Å². The Morgan fingerprint density at radius 1 is 1.05 bits per heavy atom. The van der Waals surface area contributed by atoms with E-state index in [-0.39, 0.29) is 12.1 Å². The number of halogens is 1. The highest BCUT2D eigenvalue weighted by molar-refractivity contribution is 6.34. The minimum atomic E-state index is -0.402. The molecule has 8 heteroatoms. The van der Waals surface area contributed by atoms with Gasteiger partial charge in [0.15, 0.2) is 5.15 Å². The zero-order valence-electron chi connectivity index (χ0n) is 22.4. The third kappa shape index (κ3) is 3.73. The molecule has 1 aliphatic carbocycles. The lowest BCUT2D eigenvalue weighted by Gasteiger charge is -2.48. The number of anilines is 1. The molecule has 1 N–H and O–H groups in total. The Hall–Kier alpha value is -2.48. The van der Waals surface area contributed by atoms with Crippen LogP contribution in [0.1, 0.15) is 70.4 Å². The molecule has 2 aromatic heterocycles. The average molecular weight is 533 g/mol. The van der Waals surface area contributed by atoms with Gasteiger partial charge in [-0.25, -0.2) is 9.97 Å². The van der Waals surface area contributed by atoms with Crippen LogP contribution in [0.3, 0.4) is 0 Å². The zero-order chi connectivity index (χ0) is 26.0. The molecule has 4 aliphatic rings. The number of nitrogens with zero attached hydrogens (tertiary/aromatic N) is 5. The smallest absolute Gasteiger partial charge is 0.238 e. The number of amides is 1. The number of benzene rings is 1. The van der Waals surface area contributed by atoms with E-state index in [1.807, 2.05) is 12.4 Å². The molecule has 3 aliphatic heterocycles. The van der Waals surface area contributed by atoms with Crippen molar-refractivity contribution in [2.75, 3.05) is 31.1 Å². The largest absolute Gasteiger partial charge is 0.326 e. The number of hydrogen-bond donors (Lipinski definition) is 1. The van der Waals surface area contributed by atoms with Crippen molar-refractivity contribution in [2.45, 2.75) is 82.3 Å². The molecule has 2 saturated heterocycles. The molecule has 7 rings (SSSR count). The van der Waals surface area contributed by atoms with Gasteiger partial charge >= 0.3 is 0 Å².